The molecule has 0 radical (unpaired) electrons. The minimum Gasteiger partial charge on any atom is -0.294 e. The van der Waals surface area contributed by atoms with E-state index in [1.165, 1.54) is 27.8 Å². The summed E-state index contributed by atoms with van der Waals surface area (Å²) in [5.41, 5.74) is 3.55. The summed E-state index contributed by atoms with van der Waals surface area (Å²) in [5.74, 6) is 0. The third kappa shape index (κ3) is 3.50. The first-order valence-electron chi connectivity index (χ1n) is 8.11. The van der Waals surface area contributed by atoms with Crippen LogP contribution in [0.3, 0.4) is 0 Å². The Bertz CT molecular complexity index is 1190. The highest BCUT2D eigenvalue weighted by atomic mass is 35.5. The predicted molar refractivity (Wildman–Crippen MR) is 115 cm³/mol. The van der Waals surface area contributed by atoms with Crippen LogP contribution in [0.4, 0.5) is 0 Å². The molecule has 0 saturated carbocycles. The molecule has 0 spiro atoms. The fourth-order valence-electron chi connectivity index (χ4n) is 2.92. The van der Waals surface area contributed by atoms with Crippen LogP contribution < -0.4 is 5.56 Å². The average Bonchev–Trinajstić information content (AvgIpc) is 3.05. The number of aryl methyl sites for hydroxylation is 1. The van der Waals surface area contributed by atoms with Gasteiger partial charge in [0.1, 0.15) is 4.83 Å². The molecule has 136 valence electrons. The zero-order valence-electron chi connectivity index (χ0n) is 14.2. The highest BCUT2D eigenvalue weighted by Crippen LogP contribution is 2.32. The van der Waals surface area contributed by atoms with E-state index in [-0.39, 0.29) is 12.1 Å². The molecule has 0 unspecified atom stereocenters. The lowest BCUT2D eigenvalue weighted by atomic mass is 10.1. The fraction of sp³-hybridized carbons (Fsp3) is 0.100. The summed E-state index contributed by atoms with van der Waals surface area (Å²) in [7, 11) is 0. The molecule has 0 aliphatic rings. The van der Waals surface area contributed by atoms with E-state index in [1.54, 1.807) is 12.1 Å². The van der Waals surface area contributed by atoms with E-state index < -0.39 is 0 Å². The van der Waals surface area contributed by atoms with Gasteiger partial charge in [0.25, 0.3) is 5.56 Å². The van der Waals surface area contributed by atoms with Crippen molar-refractivity contribution in [2.75, 3.05) is 0 Å². The molecule has 7 heteroatoms. The standard InChI is InChI=1S/C20H13Cl3N2OS/c1-11-2-4-12(5-3-11)15-9-27-19-18(15)20(26)25(10-24-19)8-14-16(22)6-13(21)7-17(14)23/h2-7,9-10H,8H2,1H3. The molecule has 0 fully saturated rings. The predicted octanol–water partition coefficient (Wildman–Crippen LogP) is 6.44. The molecule has 0 amide bonds. The smallest absolute Gasteiger partial charge is 0.263 e. The molecule has 2 aromatic heterocycles. The van der Waals surface area contributed by atoms with E-state index in [9.17, 15) is 4.79 Å². The SMILES string of the molecule is Cc1ccc(-c2csc3ncn(Cc4c(Cl)cc(Cl)cc4Cl)c(=O)c23)cc1. The molecule has 27 heavy (non-hydrogen) atoms. The van der Waals surface area contributed by atoms with Crippen molar-refractivity contribution < 1.29 is 0 Å². The topological polar surface area (TPSA) is 34.9 Å². The van der Waals surface area contributed by atoms with Gasteiger partial charge in [-0.2, -0.15) is 0 Å². The Hall–Kier alpha value is -1.85. The number of thiophene rings is 1. The quantitative estimate of drug-likeness (QED) is 0.371. The number of benzene rings is 2. The second kappa shape index (κ2) is 7.28. The highest BCUT2D eigenvalue weighted by molar-refractivity contribution is 7.17. The van der Waals surface area contributed by atoms with Gasteiger partial charge in [-0.05, 0) is 24.6 Å². The number of hydrogen-bond acceptors (Lipinski definition) is 3. The van der Waals surface area contributed by atoms with Gasteiger partial charge in [-0.3, -0.25) is 9.36 Å². The van der Waals surface area contributed by atoms with Crippen LogP contribution in [0.5, 0.6) is 0 Å². The summed E-state index contributed by atoms with van der Waals surface area (Å²) in [6.07, 6.45) is 1.53. The summed E-state index contributed by atoms with van der Waals surface area (Å²) in [6.45, 7) is 2.25. The molecule has 4 rings (SSSR count). The van der Waals surface area contributed by atoms with E-state index in [0.717, 1.165) is 11.1 Å². The molecule has 0 aliphatic heterocycles. The summed E-state index contributed by atoms with van der Waals surface area (Å²) in [5, 5.41) is 3.87. The number of nitrogens with zero attached hydrogens (tertiary/aromatic N) is 2. The van der Waals surface area contributed by atoms with Crippen LogP contribution in [0.2, 0.25) is 15.1 Å². The van der Waals surface area contributed by atoms with Gasteiger partial charge in [0, 0.05) is 31.6 Å². The molecule has 3 nitrogen and oxygen atoms in total. The summed E-state index contributed by atoms with van der Waals surface area (Å²) >= 11 is 20.0. The maximum absolute atomic E-state index is 13.2. The average molecular weight is 436 g/mol. The van der Waals surface area contributed by atoms with Gasteiger partial charge in [0.05, 0.1) is 18.3 Å². The Morgan fingerprint density at radius 1 is 1.07 bits per heavy atom. The van der Waals surface area contributed by atoms with Gasteiger partial charge >= 0.3 is 0 Å². The normalized spacial score (nSPS) is 11.3. The fourth-order valence-corrected chi connectivity index (χ4v) is 4.76. The van der Waals surface area contributed by atoms with Crippen LogP contribution in [-0.4, -0.2) is 9.55 Å². The van der Waals surface area contributed by atoms with Crippen molar-refractivity contribution in [1.29, 1.82) is 0 Å². The van der Waals surface area contributed by atoms with Gasteiger partial charge in [0.2, 0.25) is 0 Å². The molecule has 0 aliphatic carbocycles. The number of halogens is 3. The van der Waals surface area contributed by atoms with Gasteiger partial charge in [0.15, 0.2) is 0 Å². The number of aromatic nitrogens is 2. The van der Waals surface area contributed by atoms with Crippen LogP contribution >= 0.6 is 46.1 Å². The van der Waals surface area contributed by atoms with Crippen molar-refractivity contribution in [1.82, 2.24) is 9.55 Å². The zero-order valence-corrected chi connectivity index (χ0v) is 17.3. The van der Waals surface area contributed by atoms with Gasteiger partial charge in [-0.15, -0.1) is 11.3 Å². The summed E-state index contributed by atoms with van der Waals surface area (Å²) < 4.78 is 1.52. The van der Waals surface area contributed by atoms with E-state index in [0.29, 0.717) is 30.8 Å². The molecule has 0 bridgehead atoms. The third-order valence-corrected chi connectivity index (χ3v) is 6.14. The first kappa shape index (κ1) is 18.5. The minimum absolute atomic E-state index is 0.126. The van der Waals surface area contributed by atoms with Crippen molar-refractivity contribution in [3.05, 3.63) is 84.7 Å². The molecule has 4 aromatic rings. The van der Waals surface area contributed by atoms with E-state index in [2.05, 4.69) is 4.98 Å². The van der Waals surface area contributed by atoms with E-state index >= 15 is 0 Å². The lowest BCUT2D eigenvalue weighted by Crippen LogP contribution is -2.21. The van der Waals surface area contributed by atoms with Crippen LogP contribution in [-0.2, 0) is 6.54 Å². The van der Waals surface area contributed by atoms with E-state index in [1.807, 2.05) is 36.6 Å². The Kier molecular flexibility index (Phi) is 4.99. The largest absolute Gasteiger partial charge is 0.294 e. The number of fused-ring (bicyclic) bond motifs is 1. The van der Waals surface area contributed by atoms with E-state index in [4.69, 9.17) is 34.8 Å². The Morgan fingerprint density at radius 3 is 2.41 bits per heavy atom. The second-order valence-corrected chi connectivity index (χ2v) is 8.33. The van der Waals surface area contributed by atoms with Crippen molar-refractivity contribution in [2.45, 2.75) is 13.5 Å². The first-order valence-corrected chi connectivity index (χ1v) is 10.1. The number of hydrogen-bond donors (Lipinski definition) is 0. The van der Waals surface area contributed by atoms with Crippen LogP contribution in [0, 0.1) is 6.92 Å². The molecule has 0 N–H and O–H groups in total. The Morgan fingerprint density at radius 2 is 1.74 bits per heavy atom. The maximum atomic E-state index is 13.2. The Balaban J connectivity index is 1.84. The van der Waals surface area contributed by atoms with Crippen LogP contribution in [0.1, 0.15) is 11.1 Å². The zero-order chi connectivity index (χ0) is 19.1. The third-order valence-electron chi connectivity index (χ3n) is 4.36. The molecule has 0 saturated heterocycles. The van der Waals surface area contributed by atoms with Crippen molar-refractivity contribution in [2.24, 2.45) is 0 Å². The minimum atomic E-state index is -0.126. The molecule has 2 heterocycles. The summed E-state index contributed by atoms with van der Waals surface area (Å²) in [6, 6.07) is 11.3. The van der Waals surface area contributed by atoms with Crippen molar-refractivity contribution in [3.63, 3.8) is 0 Å². The van der Waals surface area contributed by atoms with Gasteiger partial charge in [-0.25, -0.2) is 4.98 Å². The Labute approximate surface area is 174 Å². The summed E-state index contributed by atoms with van der Waals surface area (Å²) in [4.78, 5) is 18.3. The lowest BCUT2D eigenvalue weighted by Gasteiger charge is -2.10. The maximum Gasteiger partial charge on any atom is 0.263 e. The molecular weight excluding hydrogens is 423 g/mol. The second-order valence-electron chi connectivity index (χ2n) is 6.22. The number of rotatable bonds is 3. The van der Waals surface area contributed by atoms with Crippen molar-refractivity contribution >= 4 is 56.4 Å². The van der Waals surface area contributed by atoms with Crippen molar-refractivity contribution in [3.8, 4) is 11.1 Å². The molecule has 0 atom stereocenters. The monoisotopic (exact) mass is 434 g/mol. The first-order chi connectivity index (χ1) is 12.9. The molecule has 2 aromatic carbocycles. The lowest BCUT2D eigenvalue weighted by molar-refractivity contribution is 0.750. The van der Waals surface area contributed by atoms with Crippen LogP contribution in [0.15, 0.2) is 52.9 Å². The highest BCUT2D eigenvalue weighted by Gasteiger charge is 2.15. The van der Waals surface area contributed by atoms with Gasteiger partial charge < -0.3 is 0 Å². The van der Waals surface area contributed by atoms with Gasteiger partial charge in [-0.1, -0.05) is 64.6 Å². The van der Waals surface area contributed by atoms with Crippen LogP contribution in [0.25, 0.3) is 21.3 Å². The molecular formula is C20H13Cl3N2OS.